The Balaban J connectivity index is 0. The van der Waals surface area contributed by atoms with Crippen LogP contribution in [0.5, 0.6) is 0 Å². The molecule has 0 aliphatic heterocycles. The zero-order valence-corrected chi connectivity index (χ0v) is 4.73. The van der Waals surface area contributed by atoms with Gasteiger partial charge in [0, 0.05) is 7.43 Å². The predicted molar refractivity (Wildman–Crippen MR) is 25.2 cm³/mol. The molecule has 0 bridgehead atoms. The topological polar surface area (TPSA) is 83.2 Å². The molecule has 0 aliphatic rings. The fraction of sp³-hybridized carbons (Fsp3) is 0.500. The molecule has 0 saturated heterocycles. The van der Waals surface area contributed by atoms with Gasteiger partial charge in [-0.1, -0.05) is 0 Å². The SMILES string of the molecule is NCS(=O)(=O)[O-].[CH3+]. The summed E-state index contributed by atoms with van der Waals surface area (Å²) in [6.45, 7) is 0. The maximum absolute atomic E-state index is 9.32. The highest BCUT2D eigenvalue weighted by atomic mass is 32.2. The Morgan fingerprint density at radius 2 is 1.71 bits per heavy atom. The third-order valence-electron chi connectivity index (χ3n) is 0.204. The summed E-state index contributed by atoms with van der Waals surface area (Å²) >= 11 is 0. The fourth-order valence-corrected chi connectivity index (χ4v) is 0. The van der Waals surface area contributed by atoms with Crippen LogP contribution < -0.4 is 5.73 Å². The van der Waals surface area contributed by atoms with Gasteiger partial charge < -0.3 is 10.3 Å². The summed E-state index contributed by atoms with van der Waals surface area (Å²) in [5.41, 5.74) is 4.41. The summed E-state index contributed by atoms with van der Waals surface area (Å²) in [5.74, 6) is -0.812. The van der Waals surface area contributed by atoms with Gasteiger partial charge in [-0.05, 0) is 0 Å². The van der Waals surface area contributed by atoms with Crippen LogP contribution in [0.2, 0.25) is 0 Å². The molecule has 0 aliphatic carbocycles. The molecule has 4 nitrogen and oxygen atoms in total. The second-order valence-electron chi connectivity index (χ2n) is 0.724. The van der Waals surface area contributed by atoms with Crippen molar-refractivity contribution in [3.8, 4) is 0 Å². The zero-order valence-electron chi connectivity index (χ0n) is 3.92. The van der Waals surface area contributed by atoms with Crippen LogP contribution in [0.25, 0.3) is 0 Å². The molecular formula is C2H7NO3S. The summed E-state index contributed by atoms with van der Waals surface area (Å²) in [6, 6.07) is 0. The average molecular weight is 125 g/mol. The highest BCUT2D eigenvalue weighted by molar-refractivity contribution is 7.85. The van der Waals surface area contributed by atoms with Crippen LogP contribution in [-0.2, 0) is 10.1 Å². The molecule has 0 heterocycles. The molecule has 0 unspecified atom stereocenters. The van der Waals surface area contributed by atoms with Crippen LogP contribution in [0.4, 0.5) is 0 Å². The number of rotatable bonds is 1. The molecule has 5 heteroatoms. The Hall–Kier alpha value is -0.260. The summed E-state index contributed by atoms with van der Waals surface area (Å²) in [7, 11) is -4.13. The first-order valence-electron chi connectivity index (χ1n) is 1.20. The van der Waals surface area contributed by atoms with Gasteiger partial charge in [0.05, 0.1) is 5.88 Å². The molecule has 2 N–H and O–H groups in total. The Bertz CT molecular complexity index is 115. The Labute approximate surface area is 43.1 Å². The molecule has 0 aromatic rings. The first kappa shape index (κ1) is 9.88. The van der Waals surface area contributed by atoms with E-state index in [0.717, 1.165) is 0 Å². The standard InChI is InChI=1S/CH5NO3S.CH3/c2-1-6(3,4)5;/h1-2H2,(H,3,4,5);1H3/q;+1/p-1. The molecule has 0 aromatic heterocycles. The monoisotopic (exact) mass is 125 g/mol. The van der Waals surface area contributed by atoms with Gasteiger partial charge in [0.15, 0.2) is 0 Å². The van der Waals surface area contributed by atoms with Crippen molar-refractivity contribution < 1.29 is 13.0 Å². The zero-order chi connectivity index (χ0) is 5.21. The largest absolute Gasteiger partial charge is 0.747 e. The molecule has 0 amide bonds. The van der Waals surface area contributed by atoms with Crippen molar-refractivity contribution in [2.45, 2.75) is 0 Å². The van der Waals surface area contributed by atoms with E-state index in [1.807, 2.05) is 0 Å². The lowest BCUT2D eigenvalue weighted by Gasteiger charge is -1.97. The molecule has 0 aromatic carbocycles. The molecule has 0 spiro atoms. The number of hydrogen-bond acceptors (Lipinski definition) is 4. The van der Waals surface area contributed by atoms with E-state index in [2.05, 4.69) is 5.73 Å². The predicted octanol–water partition coefficient (Wildman–Crippen LogP) is -1.10. The van der Waals surface area contributed by atoms with E-state index in [1.54, 1.807) is 0 Å². The van der Waals surface area contributed by atoms with Gasteiger partial charge in [-0.3, -0.25) is 0 Å². The summed E-state index contributed by atoms with van der Waals surface area (Å²) in [5, 5.41) is 0. The van der Waals surface area contributed by atoms with Gasteiger partial charge >= 0.3 is 0 Å². The molecule has 0 rings (SSSR count). The van der Waals surface area contributed by atoms with Gasteiger partial charge in [0.1, 0.15) is 10.1 Å². The van der Waals surface area contributed by atoms with Crippen LogP contribution in [0.15, 0.2) is 0 Å². The highest BCUT2D eigenvalue weighted by Gasteiger charge is 1.80. The van der Waals surface area contributed by atoms with E-state index in [0.29, 0.717) is 0 Å². The Morgan fingerprint density at radius 1 is 1.57 bits per heavy atom. The van der Waals surface area contributed by atoms with Crippen LogP contribution in [-0.4, -0.2) is 18.8 Å². The number of hydrogen-bond donors (Lipinski definition) is 1. The summed E-state index contributed by atoms with van der Waals surface area (Å²) in [6.07, 6.45) is 0. The normalized spacial score (nSPS) is 10.0. The summed E-state index contributed by atoms with van der Waals surface area (Å²) < 4.78 is 28.0. The van der Waals surface area contributed by atoms with Gasteiger partial charge in [0.2, 0.25) is 0 Å². The van der Waals surface area contributed by atoms with E-state index in [-0.39, 0.29) is 7.43 Å². The van der Waals surface area contributed by atoms with E-state index in [9.17, 15) is 13.0 Å². The average Bonchev–Trinajstić information content (AvgIpc) is 1.35. The molecule has 7 heavy (non-hydrogen) atoms. The molecule has 0 fully saturated rings. The van der Waals surface area contributed by atoms with E-state index in [1.165, 1.54) is 0 Å². The van der Waals surface area contributed by atoms with Gasteiger partial charge in [-0.15, -0.1) is 0 Å². The molecule has 0 atom stereocenters. The molecule has 0 radical (unpaired) electrons. The minimum Gasteiger partial charge on any atom is -0.747 e. The third-order valence-corrected chi connectivity index (χ3v) is 0.612. The van der Waals surface area contributed by atoms with E-state index < -0.39 is 16.0 Å². The lowest BCUT2D eigenvalue weighted by molar-refractivity contribution is 0.463. The van der Waals surface area contributed by atoms with E-state index >= 15 is 0 Å². The smallest absolute Gasteiger partial charge is 0.108 e. The Kier molecular flexibility index (Phi) is 4.01. The first-order chi connectivity index (χ1) is 2.56. The summed E-state index contributed by atoms with van der Waals surface area (Å²) in [4.78, 5) is 0. The molecule has 0 saturated carbocycles. The van der Waals surface area contributed by atoms with E-state index in [4.69, 9.17) is 0 Å². The van der Waals surface area contributed by atoms with Gasteiger partial charge in [-0.25, -0.2) is 8.42 Å². The van der Waals surface area contributed by atoms with Crippen molar-refractivity contribution in [3.05, 3.63) is 7.43 Å². The van der Waals surface area contributed by atoms with Crippen molar-refractivity contribution in [2.24, 2.45) is 5.73 Å². The second kappa shape index (κ2) is 2.84. The Morgan fingerprint density at radius 3 is 1.71 bits per heavy atom. The molecular weight excluding hydrogens is 118 g/mol. The van der Waals surface area contributed by atoms with Crippen molar-refractivity contribution in [2.75, 3.05) is 5.88 Å². The quantitative estimate of drug-likeness (QED) is 0.356. The second-order valence-corrected chi connectivity index (χ2v) is 2.17. The maximum Gasteiger partial charge on any atom is 0.108 e. The van der Waals surface area contributed by atoms with Gasteiger partial charge in [0.25, 0.3) is 0 Å². The molecule has 44 valence electrons. The van der Waals surface area contributed by atoms with Crippen LogP contribution in [0.1, 0.15) is 0 Å². The lowest BCUT2D eigenvalue weighted by atomic mass is 11.6. The minimum atomic E-state index is -4.13. The van der Waals surface area contributed by atoms with Crippen LogP contribution >= 0.6 is 0 Å². The van der Waals surface area contributed by atoms with Crippen molar-refractivity contribution >= 4 is 10.1 Å². The maximum atomic E-state index is 9.32. The van der Waals surface area contributed by atoms with Crippen molar-refractivity contribution in [1.29, 1.82) is 0 Å². The minimum absolute atomic E-state index is 0. The van der Waals surface area contributed by atoms with Crippen LogP contribution in [0.3, 0.4) is 0 Å². The number of nitrogens with two attached hydrogens (primary N) is 1. The van der Waals surface area contributed by atoms with Gasteiger partial charge in [-0.2, -0.15) is 0 Å². The van der Waals surface area contributed by atoms with Crippen molar-refractivity contribution in [1.82, 2.24) is 0 Å². The lowest BCUT2D eigenvalue weighted by Crippen LogP contribution is -2.12. The van der Waals surface area contributed by atoms with Crippen LogP contribution in [0, 0.1) is 7.43 Å². The van der Waals surface area contributed by atoms with Crippen molar-refractivity contribution in [3.63, 3.8) is 0 Å². The highest BCUT2D eigenvalue weighted by Crippen LogP contribution is 1.67. The fourth-order valence-electron chi connectivity index (χ4n) is 0. The first-order valence-corrected chi connectivity index (χ1v) is 2.77. The third kappa shape index (κ3) is 10.7.